The normalized spacial score (nSPS) is 10.6. The lowest BCUT2D eigenvalue weighted by Crippen LogP contribution is -1.93. The third-order valence-corrected chi connectivity index (χ3v) is 1.80. The van der Waals surface area contributed by atoms with Crippen LogP contribution in [0.5, 0.6) is 0 Å². The van der Waals surface area contributed by atoms with Gasteiger partial charge in [0.1, 0.15) is 0 Å². The Hall–Kier alpha value is -1.09. The molecule has 0 aliphatic carbocycles. The highest BCUT2D eigenvalue weighted by Crippen LogP contribution is 2.02. The monoisotopic (exact) mass is 193 g/mol. The molecule has 0 atom stereocenters. The summed E-state index contributed by atoms with van der Waals surface area (Å²) in [4.78, 5) is 15.0. The van der Waals surface area contributed by atoms with Gasteiger partial charge in [0.05, 0.1) is 5.69 Å². The van der Waals surface area contributed by atoms with E-state index in [-0.39, 0.29) is 5.78 Å². The number of pyridine rings is 1. The van der Waals surface area contributed by atoms with E-state index < -0.39 is 0 Å². The van der Waals surface area contributed by atoms with Crippen LogP contribution >= 0.6 is 12.6 Å². The van der Waals surface area contributed by atoms with E-state index in [0.29, 0.717) is 11.3 Å². The molecule has 0 radical (unpaired) electrons. The zero-order valence-corrected chi connectivity index (χ0v) is 8.29. The van der Waals surface area contributed by atoms with Crippen LogP contribution in [0.1, 0.15) is 23.0 Å². The number of hydrogen-bond donors (Lipinski definition) is 1. The van der Waals surface area contributed by atoms with Crippen molar-refractivity contribution in [2.45, 2.75) is 6.92 Å². The highest BCUT2D eigenvalue weighted by Gasteiger charge is 1.97. The average molecular weight is 193 g/mol. The SMILES string of the molecule is CC(=O)c1ccc(C=CCS)nc1. The number of hydrogen-bond acceptors (Lipinski definition) is 3. The maximum Gasteiger partial charge on any atom is 0.161 e. The largest absolute Gasteiger partial charge is 0.294 e. The molecule has 3 heteroatoms. The zero-order chi connectivity index (χ0) is 9.68. The van der Waals surface area contributed by atoms with E-state index in [9.17, 15) is 4.79 Å². The van der Waals surface area contributed by atoms with Gasteiger partial charge in [-0.1, -0.05) is 6.08 Å². The van der Waals surface area contributed by atoms with Gasteiger partial charge < -0.3 is 0 Å². The molecule has 68 valence electrons. The Bertz CT molecular complexity index is 316. The minimum Gasteiger partial charge on any atom is -0.294 e. The number of carbonyl (C=O) groups excluding carboxylic acids is 1. The molecule has 0 aliphatic heterocycles. The molecule has 0 N–H and O–H groups in total. The fourth-order valence-corrected chi connectivity index (χ4v) is 0.991. The second-order valence-corrected chi connectivity index (χ2v) is 2.98. The average Bonchev–Trinajstić information content (AvgIpc) is 2.15. The molecule has 0 saturated carbocycles. The zero-order valence-electron chi connectivity index (χ0n) is 7.40. The fraction of sp³-hybridized carbons (Fsp3) is 0.200. The third-order valence-electron chi connectivity index (χ3n) is 1.59. The molecule has 1 heterocycles. The predicted octanol–water partition coefficient (Wildman–Crippen LogP) is 2.23. The molecule has 1 aromatic heterocycles. The third kappa shape index (κ3) is 3.03. The minimum absolute atomic E-state index is 0.0391. The lowest BCUT2D eigenvalue weighted by Gasteiger charge is -1.95. The Balaban J connectivity index is 2.81. The van der Waals surface area contributed by atoms with Crippen LogP contribution in [0.2, 0.25) is 0 Å². The van der Waals surface area contributed by atoms with Crippen LogP contribution in [0.4, 0.5) is 0 Å². The minimum atomic E-state index is 0.0391. The first-order valence-corrected chi connectivity index (χ1v) is 4.61. The lowest BCUT2D eigenvalue weighted by molar-refractivity contribution is 0.101. The van der Waals surface area contributed by atoms with Crippen LogP contribution in [0, 0.1) is 0 Å². The first-order valence-electron chi connectivity index (χ1n) is 3.98. The Morgan fingerprint density at radius 1 is 1.62 bits per heavy atom. The van der Waals surface area contributed by atoms with Gasteiger partial charge in [-0.05, 0) is 25.1 Å². The van der Waals surface area contributed by atoms with Gasteiger partial charge in [-0.3, -0.25) is 9.78 Å². The van der Waals surface area contributed by atoms with Crippen molar-refractivity contribution in [1.82, 2.24) is 4.98 Å². The van der Waals surface area contributed by atoms with Crippen LogP contribution in [-0.4, -0.2) is 16.5 Å². The van der Waals surface area contributed by atoms with Crippen molar-refractivity contribution >= 4 is 24.5 Å². The van der Waals surface area contributed by atoms with Crippen LogP contribution in [0.15, 0.2) is 24.4 Å². The maximum atomic E-state index is 10.9. The molecule has 0 aliphatic rings. The first kappa shape index (κ1) is 9.99. The molecule has 1 rings (SSSR count). The van der Waals surface area contributed by atoms with Crippen molar-refractivity contribution in [3.63, 3.8) is 0 Å². The highest BCUT2D eigenvalue weighted by atomic mass is 32.1. The molecule has 0 fully saturated rings. The van der Waals surface area contributed by atoms with Gasteiger partial charge in [0.25, 0.3) is 0 Å². The molecule has 0 saturated heterocycles. The van der Waals surface area contributed by atoms with Crippen LogP contribution in [-0.2, 0) is 0 Å². The summed E-state index contributed by atoms with van der Waals surface area (Å²) in [6.45, 7) is 1.53. The van der Waals surface area contributed by atoms with Crippen molar-refractivity contribution < 1.29 is 4.79 Å². The van der Waals surface area contributed by atoms with Gasteiger partial charge >= 0.3 is 0 Å². The second kappa shape index (κ2) is 4.82. The quantitative estimate of drug-likeness (QED) is 0.589. The van der Waals surface area contributed by atoms with Crippen molar-refractivity contribution in [1.29, 1.82) is 0 Å². The van der Waals surface area contributed by atoms with E-state index in [0.717, 1.165) is 5.69 Å². The van der Waals surface area contributed by atoms with Gasteiger partial charge in [-0.2, -0.15) is 12.6 Å². The Kier molecular flexibility index (Phi) is 3.71. The van der Waals surface area contributed by atoms with E-state index in [1.165, 1.54) is 6.92 Å². The standard InChI is InChI=1S/C10H11NOS/c1-8(12)9-4-5-10(11-7-9)3-2-6-13/h2-5,7,13H,6H2,1H3. The Morgan fingerprint density at radius 2 is 2.38 bits per heavy atom. The van der Waals surface area contributed by atoms with E-state index >= 15 is 0 Å². The van der Waals surface area contributed by atoms with Crippen LogP contribution in [0.25, 0.3) is 6.08 Å². The molecular formula is C10H11NOS. The second-order valence-electron chi connectivity index (χ2n) is 2.61. The number of rotatable bonds is 3. The molecular weight excluding hydrogens is 182 g/mol. The molecule has 0 spiro atoms. The molecule has 2 nitrogen and oxygen atoms in total. The fourth-order valence-electron chi connectivity index (χ4n) is 0.886. The summed E-state index contributed by atoms with van der Waals surface area (Å²) in [5.74, 6) is 0.730. The smallest absolute Gasteiger partial charge is 0.161 e. The highest BCUT2D eigenvalue weighted by molar-refractivity contribution is 7.80. The summed E-state index contributed by atoms with van der Waals surface area (Å²) in [6, 6.07) is 3.59. The van der Waals surface area contributed by atoms with E-state index in [1.54, 1.807) is 12.3 Å². The number of carbonyl (C=O) groups is 1. The molecule has 0 amide bonds. The Morgan fingerprint density at radius 3 is 2.85 bits per heavy atom. The number of aromatic nitrogens is 1. The number of nitrogens with zero attached hydrogens (tertiary/aromatic N) is 1. The van der Waals surface area contributed by atoms with Gasteiger partial charge in [0.15, 0.2) is 5.78 Å². The van der Waals surface area contributed by atoms with Crippen molar-refractivity contribution in [2.24, 2.45) is 0 Å². The molecule has 13 heavy (non-hydrogen) atoms. The van der Waals surface area contributed by atoms with E-state index in [1.807, 2.05) is 18.2 Å². The van der Waals surface area contributed by atoms with E-state index in [2.05, 4.69) is 17.6 Å². The van der Waals surface area contributed by atoms with Gasteiger partial charge in [-0.15, -0.1) is 0 Å². The van der Waals surface area contributed by atoms with Gasteiger partial charge in [0, 0.05) is 17.5 Å². The van der Waals surface area contributed by atoms with Crippen LogP contribution < -0.4 is 0 Å². The lowest BCUT2D eigenvalue weighted by atomic mass is 10.2. The molecule has 0 bridgehead atoms. The molecule has 1 aromatic rings. The summed E-state index contributed by atoms with van der Waals surface area (Å²) in [7, 11) is 0. The predicted molar refractivity (Wildman–Crippen MR) is 57.1 cm³/mol. The van der Waals surface area contributed by atoms with Crippen molar-refractivity contribution in [2.75, 3.05) is 5.75 Å². The van der Waals surface area contributed by atoms with Crippen molar-refractivity contribution in [3.8, 4) is 0 Å². The summed E-state index contributed by atoms with van der Waals surface area (Å²) in [6.07, 6.45) is 5.36. The first-order chi connectivity index (χ1) is 6.24. The summed E-state index contributed by atoms with van der Waals surface area (Å²) in [5.41, 5.74) is 1.49. The summed E-state index contributed by atoms with van der Waals surface area (Å²) < 4.78 is 0. The topological polar surface area (TPSA) is 30.0 Å². The Labute approximate surface area is 83.1 Å². The number of ketones is 1. The molecule has 0 aromatic carbocycles. The van der Waals surface area contributed by atoms with Gasteiger partial charge in [0.2, 0.25) is 0 Å². The van der Waals surface area contributed by atoms with E-state index in [4.69, 9.17) is 0 Å². The number of Topliss-reactive ketones (excluding diaryl/α,β-unsaturated/α-hetero) is 1. The summed E-state index contributed by atoms with van der Waals surface area (Å²) >= 11 is 4.04. The molecule has 0 unspecified atom stereocenters. The van der Waals surface area contributed by atoms with Gasteiger partial charge in [-0.25, -0.2) is 0 Å². The van der Waals surface area contributed by atoms with Crippen LogP contribution in [0.3, 0.4) is 0 Å². The summed E-state index contributed by atoms with van der Waals surface area (Å²) in [5, 5.41) is 0. The number of thiol groups is 1. The van der Waals surface area contributed by atoms with Crippen molar-refractivity contribution in [3.05, 3.63) is 35.7 Å². The maximum absolute atomic E-state index is 10.9.